The fourth-order valence-corrected chi connectivity index (χ4v) is 3.48. The maximum atomic E-state index is 12.4. The van der Waals surface area contributed by atoms with Gasteiger partial charge in [0.2, 0.25) is 11.8 Å². The van der Waals surface area contributed by atoms with Gasteiger partial charge in [0.15, 0.2) is 0 Å². The average molecular weight is 377 g/mol. The molecule has 1 aliphatic rings. The molecule has 1 aliphatic heterocycles. The van der Waals surface area contributed by atoms with Crippen molar-refractivity contribution in [3.05, 3.63) is 63.6 Å². The molecule has 0 bridgehead atoms. The maximum Gasteiger partial charge on any atom is 0.227 e. The quantitative estimate of drug-likeness (QED) is 0.877. The number of carbonyl (C=O) groups excluding carboxylic acids is 2. The molecule has 6 heteroatoms. The highest BCUT2D eigenvalue weighted by atomic mass is 35.5. The Balaban J connectivity index is 1.65. The Hall–Kier alpha value is -2.04. The summed E-state index contributed by atoms with van der Waals surface area (Å²) in [4.78, 5) is 26.3. The molecule has 1 N–H and O–H groups in total. The van der Waals surface area contributed by atoms with Gasteiger partial charge in [-0.2, -0.15) is 0 Å². The van der Waals surface area contributed by atoms with E-state index in [1.807, 2.05) is 31.2 Å². The second-order valence-corrected chi connectivity index (χ2v) is 7.05. The van der Waals surface area contributed by atoms with Crippen LogP contribution >= 0.6 is 23.2 Å². The van der Waals surface area contributed by atoms with Crippen LogP contribution in [0.3, 0.4) is 0 Å². The van der Waals surface area contributed by atoms with E-state index in [0.717, 1.165) is 11.1 Å². The highest BCUT2D eigenvalue weighted by Crippen LogP contribution is 2.30. The second-order valence-electron chi connectivity index (χ2n) is 6.18. The number of aryl methyl sites for hydroxylation is 1. The Bertz CT molecular complexity index is 803. The van der Waals surface area contributed by atoms with E-state index in [4.69, 9.17) is 23.2 Å². The van der Waals surface area contributed by atoms with Crippen LogP contribution in [0, 0.1) is 12.8 Å². The summed E-state index contributed by atoms with van der Waals surface area (Å²) in [5.41, 5.74) is 2.82. The molecule has 0 spiro atoms. The molecule has 2 aromatic carbocycles. The summed E-state index contributed by atoms with van der Waals surface area (Å²) >= 11 is 12.0. The first-order chi connectivity index (χ1) is 11.9. The van der Waals surface area contributed by atoms with Gasteiger partial charge in [-0.25, -0.2) is 0 Å². The molecule has 1 atom stereocenters. The Morgan fingerprint density at radius 2 is 1.88 bits per heavy atom. The first-order valence-electron chi connectivity index (χ1n) is 8.02. The molecule has 25 heavy (non-hydrogen) atoms. The van der Waals surface area contributed by atoms with Gasteiger partial charge in [-0.15, -0.1) is 0 Å². The number of rotatable bonds is 4. The van der Waals surface area contributed by atoms with Crippen molar-refractivity contribution in [2.45, 2.75) is 19.9 Å². The number of anilines is 1. The zero-order valence-corrected chi connectivity index (χ0v) is 15.3. The lowest BCUT2D eigenvalue weighted by atomic mass is 10.1. The van der Waals surface area contributed by atoms with Crippen molar-refractivity contribution in [2.75, 3.05) is 11.4 Å². The van der Waals surface area contributed by atoms with E-state index in [9.17, 15) is 9.59 Å². The van der Waals surface area contributed by atoms with Crippen LogP contribution in [0.4, 0.5) is 5.69 Å². The van der Waals surface area contributed by atoms with Crippen LogP contribution in [0.15, 0.2) is 42.5 Å². The Morgan fingerprint density at radius 3 is 2.56 bits per heavy atom. The van der Waals surface area contributed by atoms with E-state index in [-0.39, 0.29) is 24.2 Å². The third kappa shape index (κ3) is 4.14. The second kappa shape index (κ2) is 7.46. The van der Waals surface area contributed by atoms with Crippen LogP contribution in [-0.2, 0) is 16.1 Å². The Kier molecular flexibility index (Phi) is 5.30. The largest absolute Gasteiger partial charge is 0.352 e. The Morgan fingerprint density at radius 1 is 1.20 bits per heavy atom. The first kappa shape index (κ1) is 17.8. The number of nitrogens with zero attached hydrogens (tertiary/aromatic N) is 1. The van der Waals surface area contributed by atoms with Crippen LogP contribution in [-0.4, -0.2) is 18.4 Å². The zero-order chi connectivity index (χ0) is 18.0. The average Bonchev–Trinajstić information content (AvgIpc) is 2.95. The van der Waals surface area contributed by atoms with Gasteiger partial charge in [0.05, 0.1) is 5.92 Å². The summed E-state index contributed by atoms with van der Waals surface area (Å²) in [6.45, 7) is 2.79. The van der Waals surface area contributed by atoms with Gasteiger partial charge in [-0.1, -0.05) is 47.5 Å². The molecular weight excluding hydrogens is 359 g/mol. The van der Waals surface area contributed by atoms with Gasteiger partial charge in [0, 0.05) is 35.2 Å². The molecule has 1 heterocycles. The summed E-state index contributed by atoms with van der Waals surface area (Å²) in [7, 11) is 0. The van der Waals surface area contributed by atoms with Gasteiger partial charge in [-0.05, 0) is 36.2 Å². The van der Waals surface area contributed by atoms with Crippen molar-refractivity contribution in [1.82, 2.24) is 5.32 Å². The number of hydrogen-bond acceptors (Lipinski definition) is 2. The fourth-order valence-electron chi connectivity index (χ4n) is 2.96. The van der Waals surface area contributed by atoms with Crippen LogP contribution < -0.4 is 10.2 Å². The number of halogens is 2. The van der Waals surface area contributed by atoms with Gasteiger partial charge < -0.3 is 10.2 Å². The minimum atomic E-state index is -0.380. The molecule has 3 rings (SSSR count). The normalized spacial score (nSPS) is 17.0. The number of hydrogen-bond donors (Lipinski definition) is 1. The van der Waals surface area contributed by atoms with Gasteiger partial charge >= 0.3 is 0 Å². The van der Waals surface area contributed by atoms with Crippen molar-refractivity contribution in [1.29, 1.82) is 0 Å². The van der Waals surface area contributed by atoms with E-state index >= 15 is 0 Å². The fraction of sp³-hybridized carbons (Fsp3) is 0.263. The van der Waals surface area contributed by atoms with Crippen LogP contribution in [0.25, 0.3) is 0 Å². The lowest BCUT2D eigenvalue weighted by Crippen LogP contribution is -2.32. The molecule has 130 valence electrons. The lowest BCUT2D eigenvalue weighted by molar-refractivity contribution is -0.126. The zero-order valence-electron chi connectivity index (χ0n) is 13.8. The standard InChI is InChI=1S/C19H18Cl2N2O2/c1-12-4-2-3-5-13(12)10-22-19(25)14-6-18(24)23(11-14)17-8-15(20)7-16(21)9-17/h2-5,7-9,14H,6,10-11H2,1H3,(H,22,25). The summed E-state index contributed by atoms with van der Waals surface area (Å²) < 4.78 is 0. The number of carbonyl (C=O) groups is 2. The van der Waals surface area contributed by atoms with E-state index in [1.54, 1.807) is 23.1 Å². The predicted molar refractivity (Wildman–Crippen MR) is 99.9 cm³/mol. The van der Waals surface area contributed by atoms with Crippen molar-refractivity contribution >= 4 is 40.7 Å². The topological polar surface area (TPSA) is 49.4 Å². The Labute approximate surface area is 156 Å². The van der Waals surface area contributed by atoms with E-state index in [1.165, 1.54) is 0 Å². The summed E-state index contributed by atoms with van der Waals surface area (Å²) in [5, 5.41) is 3.85. The lowest BCUT2D eigenvalue weighted by Gasteiger charge is -2.17. The van der Waals surface area contributed by atoms with Crippen molar-refractivity contribution in [3.63, 3.8) is 0 Å². The summed E-state index contributed by atoms with van der Waals surface area (Å²) in [6.07, 6.45) is 0.184. The summed E-state index contributed by atoms with van der Waals surface area (Å²) in [5.74, 6) is -0.601. The minimum absolute atomic E-state index is 0.102. The highest BCUT2D eigenvalue weighted by Gasteiger charge is 2.35. The highest BCUT2D eigenvalue weighted by molar-refractivity contribution is 6.35. The molecule has 0 aromatic heterocycles. The number of nitrogens with one attached hydrogen (secondary N) is 1. The van der Waals surface area contributed by atoms with Crippen LogP contribution in [0.1, 0.15) is 17.5 Å². The van der Waals surface area contributed by atoms with Crippen LogP contribution in [0.2, 0.25) is 10.0 Å². The molecule has 0 saturated carbocycles. The first-order valence-corrected chi connectivity index (χ1v) is 8.78. The molecule has 0 radical (unpaired) electrons. The van der Waals surface area contributed by atoms with Crippen molar-refractivity contribution in [3.8, 4) is 0 Å². The molecule has 1 fully saturated rings. The van der Waals surface area contributed by atoms with Gasteiger partial charge in [0.1, 0.15) is 0 Å². The molecule has 4 nitrogen and oxygen atoms in total. The molecule has 1 saturated heterocycles. The molecule has 1 unspecified atom stereocenters. The van der Waals surface area contributed by atoms with Gasteiger partial charge in [0.25, 0.3) is 0 Å². The minimum Gasteiger partial charge on any atom is -0.352 e. The molecule has 2 amide bonds. The van der Waals surface area contributed by atoms with Crippen molar-refractivity contribution < 1.29 is 9.59 Å². The van der Waals surface area contributed by atoms with E-state index in [2.05, 4.69) is 5.32 Å². The predicted octanol–water partition coefficient (Wildman–Crippen LogP) is 3.97. The van der Waals surface area contributed by atoms with E-state index < -0.39 is 0 Å². The monoisotopic (exact) mass is 376 g/mol. The van der Waals surface area contributed by atoms with Crippen molar-refractivity contribution in [2.24, 2.45) is 5.92 Å². The molecule has 2 aromatic rings. The third-order valence-electron chi connectivity index (χ3n) is 4.37. The third-order valence-corrected chi connectivity index (χ3v) is 4.81. The SMILES string of the molecule is Cc1ccccc1CNC(=O)C1CC(=O)N(c2cc(Cl)cc(Cl)c2)C1. The smallest absolute Gasteiger partial charge is 0.227 e. The molecular formula is C19H18Cl2N2O2. The van der Waals surface area contributed by atoms with Crippen LogP contribution in [0.5, 0.6) is 0 Å². The van der Waals surface area contributed by atoms with Gasteiger partial charge in [-0.3, -0.25) is 9.59 Å². The summed E-state index contributed by atoms with van der Waals surface area (Å²) in [6, 6.07) is 12.9. The maximum absolute atomic E-state index is 12.4. The number of benzene rings is 2. The van der Waals surface area contributed by atoms with E-state index in [0.29, 0.717) is 28.8 Å². The number of amides is 2. The molecule has 0 aliphatic carbocycles.